The summed E-state index contributed by atoms with van der Waals surface area (Å²) in [6, 6.07) is 7.13. The Hall–Kier alpha value is -2.50. The van der Waals surface area contributed by atoms with Crippen LogP contribution in [0.4, 0.5) is 0 Å². The molecule has 2 aromatic rings. The first-order valence-corrected chi connectivity index (χ1v) is 11.6. The van der Waals surface area contributed by atoms with E-state index < -0.39 is 11.7 Å². The number of ether oxygens (including phenoxy) is 2. The average molecular weight is 493 g/mol. The molecule has 0 aliphatic heterocycles. The molecule has 0 radical (unpaired) electrons. The Kier molecular flexibility index (Phi) is 11.0. The van der Waals surface area contributed by atoms with E-state index in [1.807, 2.05) is 6.07 Å². The Balaban J connectivity index is 1.92. The highest BCUT2D eigenvalue weighted by Crippen LogP contribution is 2.13. The molecule has 0 unspecified atom stereocenters. The van der Waals surface area contributed by atoms with E-state index in [1.54, 1.807) is 25.1 Å². The van der Waals surface area contributed by atoms with Gasteiger partial charge in [-0.2, -0.15) is 0 Å². The fourth-order valence-corrected chi connectivity index (χ4v) is 3.31. The average Bonchev–Trinajstić information content (AvgIpc) is 3.04. The summed E-state index contributed by atoms with van der Waals surface area (Å²) in [5, 5.41) is 11.1. The lowest BCUT2D eigenvalue weighted by molar-refractivity contribution is -0.143. The largest absolute Gasteiger partial charge is 0.493 e. The van der Waals surface area contributed by atoms with Gasteiger partial charge >= 0.3 is 11.7 Å². The van der Waals surface area contributed by atoms with Crippen LogP contribution in [0.2, 0.25) is 0 Å². The predicted octanol–water partition coefficient (Wildman–Crippen LogP) is 3.62. The van der Waals surface area contributed by atoms with Crippen LogP contribution in [0.15, 0.2) is 35.3 Å². The van der Waals surface area contributed by atoms with Gasteiger partial charge < -0.3 is 14.6 Å². The maximum atomic E-state index is 12.6. The first kappa shape index (κ1) is 24.8. The Morgan fingerprint density at radius 1 is 1.19 bits per heavy atom. The number of hydrogen-bond acceptors (Lipinski definition) is 5. The molecule has 0 saturated carbocycles. The lowest BCUT2D eigenvalue weighted by Gasteiger charge is -2.03. The fourth-order valence-electron chi connectivity index (χ4n) is 2.91. The molecule has 168 valence electrons. The zero-order valence-corrected chi connectivity index (χ0v) is 19.4. The van der Waals surface area contributed by atoms with E-state index in [0.717, 1.165) is 28.5 Å². The number of halogens is 1. The van der Waals surface area contributed by atoms with E-state index in [0.29, 0.717) is 18.7 Å². The van der Waals surface area contributed by atoms with Crippen molar-refractivity contribution in [2.45, 2.75) is 45.6 Å². The minimum atomic E-state index is -0.585. The van der Waals surface area contributed by atoms with E-state index in [1.165, 1.54) is 30.0 Å². The Bertz CT molecular complexity index is 955. The summed E-state index contributed by atoms with van der Waals surface area (Å²) in [5.74, 6) is 5.26. The third-order valence-electron chi connectivity index (χ3n) is 4.45. The molecule has 1 aromatic heterocycles. The highest BCUT2D eigenvalue weighted by atomic mass is 79.9. The molecule has 0 fully saturated rings. The second-order valence-electron chi connectivity index (χ2n) is 6.85. The van der Waals surface area contributed by atoms with Crippen LogP contribution in [-0.4, -0.2) is 45.4 Å². The van der Waals surface area contributed by atoms with Crippen LogP contribution >= 0.6 is 15.9 Å². The van der Waals surface area contributed by atoms with Crippen LogP contribution in [0.1, 0.15) is 44.6 Å². The summed E-state index contributed by atoms with van der Waals surface area (Å²) in [4.78, 5) is 24.2. The molecule has 1 N–H and O–H groups in total. The topological polar surface area (TPSA) is 82.7 Å². The molecule has 2 rings (SSSR count). The molecule has 0 spiro atoms. The number of imidazole rings is 1. The van der Waals surface area contributed by atoms with Gasteiger partial charge in [0.05, 0.1) is 25.1 Å². The third-order valence-corrected chi connectivity index (χ3v) is 5.01. The minimum absolute atomic E-state index is 0.207. The van der Waals surface area contributed by atoms with Crippen molar-refractivity contribution < 1.29 is 19.4 Å². The van der Waals surface area contributed by atoms with Crippen molar-refractivity contribution in [3.8, 4) is 23.4 Å². The van der Waals surface area contributed by atoms with Gasteiger partial charge in [0.1, 0.15) is 6.54 Å². The van der Waals surface area contributed by atoms with E-state index in [2.05, 4.69) is 27.8 Å². The molecule has 7 nitrogen and oxygen atoms in total. The normalized spacial score (nSPS) is 10.5. The maximum absolute atomic E-state index is 12.6. The van der Waals surface area contributed by atoms with Crippen LogP contribution in [0.25, 0.3) is 5.69 Å². The first-order valence-electron chi connectivity index (χ1n) is 10.5. The summed E-state index contributed by atoms with van der Waals surface area (Å²) >= 11 is 3.43. The molecule has 8 heteroatoms. The van der Waals surface area contributed by atoms with Gasteiger partial charge in [-0.15, -0.1) is 0 Å². The van der Waals surface area contributed by atoms with E-state index in [9.17, 15) is 14.7 Å². The summed E-state index contributed by atoms with van der Waals surface area (Å²) < 4.78 is 12.7. The Morgan fingerprint density at radius 2 is 2.00 bits per heavy atom. The van der Waals surface area contributed by atoms with Gasteiger partial charge in [-0.25, -0.2) is 4.79 Å². The Morgan fingerprint density at radius 3 is 2.77 bits per heavy atom. The number of carbonyl (C=O) groups excluding carboxylic acids is 1. The van der Waals surface area contributed by atoms with Crippen molar-refractivity contribution >= 4 is 21.9 Å². The highest BCUT2D eigenvalue weighted by Gasteiger charge is 2.15. The van der Waals surface area contributed by atoms with Gasteiger partial charge in [0.2, 0.25) is 5.88 Å². The number of rotatable bonds is 12. The number of alkyl halides is 1. The minimum Gasteiger partial charge on any atom is -0.493 e. The number of benzene rings is 1. The lowest BCUT2D eigenvalue weighted by Crippen LogP contribution is -2.27. The molecule has 31 heavy (non-hydrogen) atoms. The van der Waals surface area contributed by atoms with Crippen molar-refractivity contribution in [2.24, 2.45) is 0 Å². The van der Waals surface area contributed by atoms with Crippen LogP contribution in [0.3, 0.4) is 0 Å². The highest BCUT2D eigenvalue weighted by molar-refractivity contribution is 9.09. The smallest absolute Gasteiger partial charge is 0.336 e. The predicted molar refractivity (Wildman–Crippen MR) is 123 cm³/mol. The molecule has 1 heterocycles. The van der Waals surface area contributed by atoms with Gasteiger partial charge in [0.25, 0.3) is 0 Å². The number of nitrogens with zero attached hydrogens (tertiary/aromatic N) is 2. The standard InChI is InChI=1S/C23H29BrN2O5/c1-2-31-22(28)18-26-21(27)17-25(23(26)29)20-12-9-11-19(16-20)10-5-8-15-30-14-7-4-3-6-13-24/h9,11-12,16-17,27H,2-4,6-8,13-15,18H2,1H3. The SMILES string of the molecule is CCOC(=O)Cn1c(O)cn(-c2cccc(C#CCCOCCCCCCBr)c2)c1=O. The van der Waals surface area contributed by atoms with Gasteiger partial charge in [-0.1, -0.05) is 46.7 Å². The van der Waals surface area contributed by atoms with E-state index in [4.69, 9.17) is 9.47 Å². The summed E-state index contributed by atoms with van der Waals surface area (Å²) in [6.45, 7) is 2.89. The van der Waals surface area contributed by atoms with Crippen molar-refractivity contribution in [2.75, 3.05) is 25.2 Å². The number of hydrogen-bond donors (Lipinski definition) is 1. The monoisotopic (exact) mass is 492 g/mol. The van der Waals surface area contributed by atoms with Crippen LogP contribution in [-0.2, 0) is 20.8 Å². The first-order chi connectivity index (χ1) is 15.1. The molecule has 0 amide bonds. The van der Waals surface area contributed by atoms with Gasteiger partial charge in [-0.05, 0) is 38.0 Å². The molecule has 0 aliphatic rings. The lowest BCUT2D eigenvalue weighted by atomic mass is 10.2. The number of unbranched alkanes of at least 4 members (excludes halogenated alkanes) is 3. The fraction of sp³-hybridized carbons (Fsp3) is 0.478. The van der Waals surface area contributed by atoms with Gasteiger partial charge in [0, 0.05) is 23.9 Å². The van der Waals surface area contributed by atoms with Crippen molar-refractivity contribution in [3.05, 3.63) is 46.5 Å². The van der Waals surface area contributed by atoms with Crippen LogP contribution < -0.4 is 5.69 Å². The number of aromatic nitrogens is 2. The van der Waals surface area contributed by atoms with Crippen molar-refractivity contribution in [1.29, 1.82) is 0 Å². The number of aromatic hydroxyl groups is 1. The van der Waals surface area contributed by atoms with Crippen LogP contribution in [0.5, 0.6) is 5.88 Å². The van der Waals surface area contributed by atoms with E-state index >= 15 is 0 Å². The molecule has 1 aromatic carbocycles. The second kappa shape index (κ2) is 13.7. The third kappa shape index (κ3) is 8.27. The second-order valence-corrected chi connectivity index (χ2v) is 7.64. The molecule has 0 aliphatic carbocycles. The molecule has 0 bridgehead atoms. The summed E-state index contributed by atoms with van der Waals surface area (Å²) in [5.41, 5.74) is 0.770. The summed E-state index contributed by atoms with van der Waals surface area (Å²) in [6.07, 6.45) is 6.58. The van der Waals surface area contributed by atoms with Crippen molar-refractivity contribution in [3.63, 3.8) is 0 Å². The van der Waals surface area contributed by atoms with E-state index in [-0.39, 0.29) is 19.0 Å². The van der Waals surface area contributed by atoms with Gasteiger partial charge in [-0.3, -0.25) is 13.9 Å². The Labute approximate surface area is 191 Å². The molecule has 0 saturated heterocycles. The van der Waals surface area contributed by atoms with Crippen LogP contribution in [0, 0.1) is 11.8 Å². The van der Waals surface area contributed by atoms with Gasteiger partial charge in [0.15, 0.2) is 0 Å². The number of esters is 1. The molecular weight excluding hydrogens is 464 g/mol. The molecular formula is C23H29BrN2O5. The zero-order valence-electron chi connectivity index (χ0n) is 17.8. The molecule has 0 atom stereocenters. The van der Waals surface area contributed by atoms with Crippen molar-refractivity contribution in [1.82, 2.24) is 9.13 Å². The maximum Gasteiger partial charge on any atom is 0.336 e. The zero-order chi connectivity index (χ0) is 22.5. The quantitative estimate of drug-likeness (QED) is 0.211. The number of carbonyl (C=O) groups is 1. The summed E-state index contributed by atoms with van der Waals surface area (Å²) in [7, 11) is 0.